The fourth-order valence-electron chi connectivity index (χ4n) is 2.08. The van der Waals surface area contributed by atoms with Crippen LogP contribution in [0.3, 0.4) is 0 Å². The number of methoxy groups -OCH3 is 1. The maximum Gasteiger partial charge on any atom is 0.118 e. The minimum absolute atomic E-state index is 0.443. The molecule has 0 spiro atoms. The summed E-state index contributed by atoms with van der Waals surface area (Å²) in [5.74, 6) is 0.912. The summed E-state index contributed by atoms with van der Waals surface area (Å²) >= 11 is 3.45. The molecule has 0 aliphatic rings. The van der Waals surface area contributed by atoms with Gasteiger partial charge in [0.25, 0.3) is 0 Å². The Morgan fingerprint density at radius 3 is 2.30 bits per heavy atom. The van der Waals surface area contributed by atoms with Crippen molar-refractivity contribution in [3.05, 3.63) is 58.6 Å². The van der Waals surface area contributed by atoms with Crippen molar-refractivity contribution in [3.63, 3.8) is 0 Å². The van der Waals surface area contributed by atoms with Gasteiger partial charge in [-0.1, -0.05) is 28.1 Å². The number of nitrogens with one attached hydrogen (secondary N) is 1. The average molecular weight is 334 g/mol. The predicted molar refractivity (Wildman–Crippen MR) is 88.5 cm³/mol. The van der Waals surface area contributed by atoms with E-state index >= 15 is 0 Å². The Morgan fingerprint density at radius 2 is 1.70 bits per heavy atom. The summed E-state index contributed by atoms with van der Waals surface area (Å²) in [7, 11) is 1.69. The number of anilines is 1. The molecule has 0 radical (unpaired) electrons. The smallest absolute Gasteiger partial charge is 0.118 e. The van der Waals surface area contributed by atoms with Crippen LogP contribution in [0.4, 0.5) is 5.69 Å². The van der Waals surface area contributed by atoms with Gasteiger partial charge in [-0.3, -0.25) is 0 Å². The van der Waals surface area contributed by atoms with Gasteiger partial charge in [0.2, 0.25) is 0 Å². The van der Waals surface area contributed by atoms with Crippen LogP contribution in [0.2, 0.25) is 0 Å². The molecule has 0 bridgehead atoms. The summed E-state index contributed by atoms with van der Waals surface area (Å²) in [6.45, 7) is 2.21. The Hall–Kier alpha value is -1.48. The quantitative estimate of drug-likeness (QED) is 0.812. The molecule has 3 heteroatoms. The molecule has 2 nitrogen and oxygen atoms in total. The third kappa shape index (κ3) is 4.57. The summed E-state index contributed by atoms with van der Waals surface area (Å²) in [4.78, 5) is 0. The minimum atomic E-state index is 0.443. The van der Waals surface area contributed by atoms with Crippen LogP contribution in [-0.2, 0) is 6.42 Å². The van der Waals surface area contributed by atoms with Crippen LogP contribution < -0.4 is 10.1 Å². The highest BCUT2D eigenvalue weighted by Crippen LogP contribution is 2.17. The summed E-state index contributed by atoms with van der Waals surface area (Å²) in [6, 6.07) is 17.0. The molecule has 1 unspecified atom stereocenters. The first-order chi connectivity index (χ1) is 9.67. The second-order valence-electron chi connectivity index (χ2n) is 4.94. The maximum absolute atomic E-state index is 5.17. The summed E-state index contributed by atoms with van der Waals surface area (Å²) in [5, 5.41) is 3.52. The summed E-state index contributed by atoms with van der Waals surface area (Å²) < 4.78 is 6.27. The van der Waals surface area contributed by atoms with Crippen molar-refractivity contribution >= 4 is 21.6 Å². The van der Waals surface area contributed by atoms with Crippen LogP contribution in [0.1, 0.15) is 18.9 Å². The SMILES string of the molecule is COc1ccc(CCC(C)Nc2ccc(Br)cc2)cc1. The Bertz CT molecular complexity index is 522. The average Bonchev–Trinajstić information content (AvgIpc) is 2.48. The van der Waals surface area contributed by atoms with Crippen molar-refractivity contribution in [1.82, 2.24) is 0 Å². The Labute approximate surface area is 129 Å². The second kappa shape index (κ2) is 7.34. The molecule has 0 aliphatic heterocycles. The first-order valence-electron chi connectivity index (χ1n) is 6.82. The Kier molecular flexibility index (Phi) is 5.48. The van der Waals surface area contributed by atoms with E-state index in [2.05, 4.69) is 64.6 Å². The first-order valence-corrected chi connectivity index (χ1v) is 7.61. The van der Waals surface area contributed by atoms with E-state index in [9.17, 15) is 0 Å². The predicted octanol–water partition coefficient (Wildman–Crippen LogP) is 4.89. The number of hydrogen-bond donors (Lipinski definition) is 1. The lowest BCUT2D eigenvalue weighted by molar-refractivity contribution is 0.414. The van der Waals surface area contributed by atoms with E-state index in [0.29, 0.717) is 6.04 Å². The van der Waals surface area contributed by atoms with Gasteiger partial charge in [0, 0.05) is 16.2 Å². The molecule has 2 aromatic carbocycles. The van der Waals surface area contributed by atoms with Gasteiger partial charge in [0.15, 0.2) is 0 Å². The van der Waals surface area contributed by atoms with Crippen LogP contribution in [0.5, 0.6) is 5.75 Å². The highest BCUT2D eigenvalue weighted by Gasteiger charge is 2.03. The van der Waals surface area contributed by atoms with E-state index in [-0.39, 0.29) is 0 Å². The fraction of sp³-hybridized carbons (Fsp3) is 0.294. The van der Waals surface area contributed by atoms with E-state index in [4.69, 9.17) is 4.74 Å². The fourth-order valence-corrected chi connectivity index (χ4v) is 2.34. The van der Waals surface area contributed by atoms with E-state index in [0.717, 1.165) is 28.8 Å². The number of halogens is 1. The zero-order valence-electron chi connectivity index (χ0n) is 11.9. The summed E-state index contributed by atoms with van der Waals surface area (Å²) in [6.07, 6.45) is 2.16. The lowest BCUT2D eigenvalue weighted by Crippen LogP contribution is -2.15. The van der Waals surface area contributed by atoms with Gasteiger partial charge in [-0.25, -0.2) is 0 Å². The van der Waals surface area contributed by atoms with Gasteiger partial charge in [-0.2, -0.15) is 0 Å². The molecule has 1 atom stereocenters. The minimum Gasteiger partial charge on any atom is -0.497 e. The molecular weight excluding hydrogens is 314 g/mol. The standard InChI is InChI=1S/C17H20BrNO/c1-13(19-16-9-7-15(18)8-10-16)3-4-14-5-11-17(20-2)12-6-14/h5-13,19H,3-4H2,1-2H3. The van der Waals surface area contributed by atoms with Crippen molar-refractivity contribution in [2.75, 3.05) is 12.4 Å². The molecule has 106 valence electrons. The first kappa shape index (κ1) is 14.9. The molecule has 0 saturated heterocycles. The van der Waals surface area contributed by atoms with Crippen molar-refractivity contribution in [2.45, 2.75) is 25.8 Å². The van der Waals surface area contributed by atoms with Crippen molar-refractivity contribution < 1.29 is 4.74 Å². The monoisotopic (exact) mass is 333 g/mol. The molecule has 2 aromatic rings. The zero-order valence-corrected chi connectivity index (χ0v) is 13.5. The third-order valence-corrected chi connectivity index (χ3v) is 3.81. The lowest BCUT2D eigenvalue weighted by atomic mass is 10.1. The topological polar surface area (TPSA) is 21.3 Å². The number of hydrogen-bond acceptors (Lipinski definition) is 2. The van der Waals surface area contributed by atoms with Gasteiger partial charge in [0.1, 0.15) is 5.75 Å². The van der Waals surface area contributed by atoms with Crippen LogP contribution in [0, 0.1) is 0 Å². The second-order valence-corrected chi connectivity index (χ2v) is 5.85. The molecule has 20 heavy (non-hydrogen) atoms. The highest BCUT2D eigenvalue weighted by molar-refractivity contribution is 9.10. The van der Waals surface area contributed by atoms with Crippen LogP contribution in [0.15, 0.2) is 53.0 Å². The molecule has 0 heterocycles. The van der Waals surface area contributed by atoms with Gasteiger partial charge in [-0.05, 0) is 61.7 Å². The highest BCUT2D eigenvalue weighted by atomic mass is 79.9. The molecule has 0 saturated carbocycles. The summed E-state index contributed by atoms with van der Waals surface area (Å²) in [5.41, 5.74) is 2.51. The number of benzene rings is 2. The van der Waals surface area contributed by atoms with Crippen molar-refractivity contribution in [1.29, 1.82) is 0 Å². The zero-order chi connectivity index (χ0) is 14.4. The Balaban J connectivity index is 1.82. The van der Waals surface area contributed by atoms with Crippen molar-refractivity contribution in [2.24, 2.45) is 0 Å². The molecule has 1 N–H and O–H groups in total. The lowest BCUT2D eigenvalue weighted by Gasteiger charge is -2.15. The van der Waals surface area contributed by atoms with Crippen LogP contribution in [0.25, 0.3) is 0 Å². The Morgan fingerprint density at radius 1 is 1.05 bits per heavy atom. The van der Waals surface area contributed by atoms with Crippen LogP contribution >= 0.6 is 15.9 Å². The van der Waals surface area contributed by atoms with Crippen molar-refractivity contribution in [3.8, 4) is 5.75 Å². The largest absolute Gasteiger partial charge is 0.497 e. The van der Waals surface area contributed by atoms with Gasteiger partial charge < -0.3 is 10.1 Å². The number of rotatable bonds is 6. The van der Waals surface area contributed by atoms with E-state index in [1.807, 2.05) is 12.1 Å². The van der Waals surface area contributed by atoms with Gasteiger partial charge >= 0.3 is 0 Å². The third-order valence-electron chi connectivity index (χ3n) is 3.28. The van der Waals surface area contributed by atoms with Crippen LogP contribution in [-0.4, -0.2) is 13.2 Å². The van der Waals surface area contributed by atoms with Gasteiger partial charge in [0.05, 0.1) is 7.11 Å². The molecular formula is C17H20BrNO. The molecule has 0 fully saturated rings. The molecule has 2 rings (SSSR count). The van der Waals surface area contributed by atoms with E-state index in [1.165, 1.54) is 5.56 Å². The number of ether oxygens (including phenoxy) is 1. The normalized spacial score (nSPS) is 11.9. The number of aryl methyl sites for hydroxylation is 1. The van der Waals surface area contributed by atoms with E-state index in [1.54, 1.807) is 7.11 Å². The molecule has 0 amide bonds. The molecule has 0 aromatic heterocycles. The van der Waals surface area contributed by atoms with Gasteiger partial charge in [-0.15, -0.1) is 0 Å². The molecule has 0 aliphatic carbocycles. The maximum atomic E-state index is 5.17. The van der Waals surface area contributed by atoms with E-state index < -0.39 is 0 Å².